The van der Waals surface area contributed by atoms with Crippen molar-refractivity contribution in [2.75, 3.05) is 11.9 Å². The third-order valence-electron chi connectivity index (χ3n) is 3.86. The zero-order valence-electron chi connectivity index (χ0n) is 11.4. The molecule has 0 fully saturated rings. The molecule has 1 heterocycles. The molecule has 3 rings (SSSR count). The Morgan fingerprint density at radius 2 is 2.10 bits per heavy atom. The molecule has 0 saturated carbocycles. The predicted octanol–water partition coefficient (Wildman–Crippen LogP) is 3.16. The lowest BCUT2D eigenvalue weighted by Gasteiger charge is -2.16. The summed E-state index contributed by atoms with van der Waals surface area (Å²) in [4.78, 5) is 13.4. The summed E-state index contributed by atoms with van der Waals surface area (Å²) in [6, 6.07) is 10.1. The van der Waals surface area contributed by atoms with E-state index in [2.05, 4.69) is 15.9 Å². The van der Waals surface area contributed by atoms with Crippen LogP contribution < -0.4 is 10.6 Å². The van der Waals surface area contributed by atoms with Crippen molar-refractivity contribution < 1.29 is 9.18 Å². The van der Waals surface area contributed by atoms with Crippen molar-refractivity contribution in [3.05, 3.63) is 63.4 Å². The standard InChI is InChI=1S/C16H14BrFN2O/c1-20-13-6-5-9(7-10(13)8-14(20)21)16(19)11-3-2-4-12(18)15(11)17/h2-7,16H,8,19H2,1H3. The number of halogens is 2. The maximum atomic E-state index is 13.6. The van der Waals surface area contributed by atoms with E-state index < -0.39 is 6.04 Å². The van der Waals surface area contributed by atoms with Crippen LogP contribution in [0.1, 0.15) is 22.7 Å². The second-order valence-corrected chi connectivity index (χ2v) is 5.93. The molecule has 1 unspecified atom stereocenters. The Balaban J connectivity index is 2.00. The minimum Gasteiger partial charge on any atom is -0.320 e. The molecule has 0 aromatic heterocycles. The normalized spacial score (nSPS) is 15.2. The van der Waals surface area contributed by atoms with Crippen LogP contribution in [0, 0.1) is 5.82 Å². The van der Waals surface area contributed by atoms with Crippen LogP contribution in [-0.4, -0.2) is 13.0 Å². The topological polar surface area (TPSA) is 46.3 Å². The monoisotopic (exact) mass is 348 g/mol. The van der Waals surface area contributed by atoms with Crippen molar-refractivity contribution >= 4 is 27.5 Å². The van der Waals surface area contributed by atoms with Gasteiger partial charge in [0.15, 0.2) is 0 Å². The van der Waals surface area contributed by atoms with Crippen LogP contribution >= 0.6 is 15.9 Å². The second kappa shape index (κ2) is 5.24. The van der Waals surface area contributed by atoms with Crippen molar-refractivity contribution in [3.63, 3.8) is 0 Å². The number of amides is 1. The molecule has 21 heavy (non-hydrogen) atoms. The van der Waals surface area contributed by atoms with E-state index in [1.807, 2.05) is 18.2 Å². The third-order valence-corrected chi connectivity index (χ3v) is 4.69. The summed E-state index contributed by atoms with van der Waals surface area (Å²) in [6.07, 6.45) is 0.386. The Bertz CT molecular complexity index is 732. The van der Waals surface area contributed by atoms with Gasteiger partial charge in [0.1, 0.15) is 5.82 Å². The van der Waals surface area contributed by atoms with Crippen molar-refractivity contribution in [1.29, 1.82) is 0 Å². The molecule has 1 aliphatic rings. The highest BCUT2D eigenvalue weighted by atomic mass is 79.9. The highest BCUT2D eigenvalue weighted by Gasteiger charge is 2.25. The zero-order valence-corrected chi connectivity index (χ0v) is 13.0. The van der Waals surface area contributed by atoms with Gasteiger partial charge in [-0.25, -0.2) is 4.39 Å². The quantitative estimate of drug-likeness (QED) is 0.905. The van der Waals surface area contributed by atoms with Crippen molar-refractivity contribution in [1.82, 2.24) is 0 Å². The number of benzene rings is 2. The second-order valence-electron chi connectivity index (χ2n) is 5.14. The van der Waals surface area contributed by atoms with Gasteiger partial charge < -0.3 is 10.6 Å². The molecule has 0 bridgehead atoms. The van der Waals surface area contributed by atoms with Gasteiger partial charge >= 0.3 is 0 Å². The predicted molar refractivity (Wildman–Crippen MR) is 83.7 cm³/mol. The van der Waals surface area contributed by atoms with Crippen LogP contribution in [-0.2, 0) is 11.2 Å². The SMILES string of the molecule is CN1C(=O)Cc2cc(C(N)c3cccc(F)c3Br)ccc21. The molecule has 0 aliphatic carbocycles. The summed E-state index contributed by atoms with van der Waals surface area (Å²) in [5.74, 6) is -0.262. The Hall–Kier alpha value is -1.72. The van der Waals surface area contributed by atoms with E-state index >= 15 is 0 Å². The van der Waals surface area contributed by atoms with Gasteiger partial charge in [0, 0.05) is 12.7 Å². The summed E-state index contributed by atoms with van der Waals surface area (Å²) in [7, 11) is 1.76. The van der Waals surface area contributed by atoms with Gasteiger partial charge in [-0.15, -0.1) is 0 Å². The maximum Gasteiger partial charge on any atom is 0.231 e. The molecule has 108 valence electrons. The molecule has 2 aromatic carbocycles. The maximum absolute atomic E-state index is 13.6. The Morgan fingerprint density at radius 3 is 2.86 bits per heavy atom. The first-order valence-corrected chi connectivity index (χ1v) is 7.37. The van der Waals surface area contributed by atoms with Gasteiger partial charge in [0.2, 0.25) is 5.91 Å². The molecule has 0 saturated heterocycles. The largest absolute Gasteiger partial charge is 0.320 e. The average molecular weight is 349 g/mol. The first-order valence-electron chi connectivity index (χ1n) is 6.58. The fourth-order valence-corrected chi connectivity index (χ4v) is 3.13. The van der Waals surface area contributed by atoms with Gasteiger partial charge in [0.05, 0.1) is 16.9 Å². The van der Waals surface area contributed by atoms with Crippen LogP contribution in [0.4, 0.5) is 10.1 Å². The van der Waals surface area contributed by atoms with Gasteiger partial charge in [-0.05, 0) is 44.8 Å². The van der Waals surface area contributed by atoms with Gasteiger partial charge in [-0.1, -0.05) is 24.3 Å². The fraction of sp³-hybridized carbons (Fsp3) is 0.188. The molecular weight excluding hydrogens is 335 g/mol. The van der Waals surface area contributed by atoms with Crippen LogP contribution in [0.15, 0.2) is 40.9 Å². The number of hydrogen-bond donors (Lipinski definition) is 1. The van der Waals surface area contributed by atoms with Gasteiger partial charge in [0.25, 0.3) is 0 Å². The number of anilines is 1. The number of fused-ring (bicyclic) bond motifs is 1. The van der Waals surface area contributed by atoms with E-state index in [1.165, 1.54) is 6.07 Å². The summed E-state index contributed by atoms with van der Waals surface area (Å²) in [5, 5.41) is 0. The number of carbonyl (C=O) groups excluding carboxylic acids is 1. The van der Waals surface area contributed by atoms with Crippen LogP contribution in [0.25, 0.3) is 0 Å². The molecule has 1 aliphatic heterocycles. The molecule has 1 atom stereocenters. The van der Waals surface area contributed by atoms with E-state index in [4.69, 9.17) is 5.73 Å². The Kier molecular flexibility index (Phi) is 3.55. The lowest BCUT2D eigenvalue weighted by atomic mass is 9.97. The minimum atomic E-state index is -0.443. The van der Waals surface area contributed by atoms with Crippen molar-refractivity contribution in [2.24, 2.45) is 5.73 Å². The van der Waals surface area contributed by atoms with E-state index in [0.717, 1.165) is 16.8 Å². The Morgan fingerprint density at radius 1 is 1.33 bits per heavy atom. The van der Waals surface area contributed by atoms with Crippen LogP contribution in [0.2, 0.25) is 0 Å². The van der Waals surface area contributed by atoms with Gasteiger partial charge in [-0.2, -0.15) is 0 Å². The summed E-state index contributed by atoms with van der Waals surface area (Å²) in [6.45, 7) is 0. The van der Waals surface area contributed by atoms with E-state index in [-0.39, 0.29) is 11.7 Å². The molecule has 2 aromatic rings. The number of hydrogen-bond acceptors (Lipinski definition) is 2. The molecule has 1 amide bonds. The van der Waals surface area contributed by atoms with Crippen molar-refractivity contribution in [2.45, 2.75) is 12.5 Å². The van der Waals surface area contributed by atoms with E-state index in [1.54, 1.807) is 24.1 Å². The lowest BCUT2D eigenvalue weighted by Crippen LogP contribution is -2.20. The van der Waals surface area contributed by atoms with Gasteiger partial charge in [-0.3, -0.25) is 4.79 Å². The molecular formula is C16H14BrFN2O. The number of nitrogens with two attached hydrogens (primary N) is 1. The zero-order chi connectivity index (χ0) is 15.1. The third kappa shape index (κ3) is 2.36. The summed E-state index contributed by atoms with van der Waals surface area (Å²) >= 11 is 3.24. The van der Waals surface area contributed by atoms with Crippen molar-refractivity contribution in [3.8, 4) is 0 Å². The first kappa shape index (κ1) is 14.2. The Labute approximate surface area is 130 Å². The molecule has 0 radical (unpaired) electrons. The first-order chi connectivity index (χ1) is 9.99. The molecule has 2 N–H and O–H groups in total. The smallest absolute Gasteiger partial charge is 0.231 e. The molecule has 3 nitrogen and oxygen atoms in total. The van der Waals surface area contributed by atoms with Crippen LogP contribution in [0.3, 0.4) is 0 Å². The highest BCUT2D eigenvalue weighted by molar-refractivity contribution is 9.10. The molecule has 0 spiro atoms. The van der Waals surface area contributed by atoms with Crippen LogP contribution in [0.5, 0.6) is 0 Å². The summed E-state index contributed by atoms with van der Waals surface area (Å²) < 4.78 is 14.0. The molecule has 5 heteroatoms. The average Bonchev–Trinajstić information content (AvgIpc) is 2.76. The lowest BCUT2D eigenvalue weighted by molar-refractivity contribution is -0.117. The minimum absolute atomic E-state index is 0.0719. The number of carbonyl (C=O) groups is 1. The summed E-state index contributed by atoms with van der Waals surface area (Å²) in [5.41, 5.74) is 9.68. The number of rotatable bonds is 2. The highest BCUT2D eigenvalue weighted by Crippen LogP contribution is 2.33. The fourth-order valence-electron chi connectivity index (χ4n) is 2.62. The van der Waals surface area contributed by atoms with E-state index in [9.17, 15) is 9.18 Å². The van der Waals surface area contributed by atoms with E-state index in [0.29, 0.717) is 16.5 Å². The number of likely N-dealkylation sites (N-methyl/N-ethyl adjacent to an activating group) is 1. The number of nitrogens with zero attached hydrogens (tertiary/aromatic N) is 1.